The molecule has 1 saturated heterocycles. The van der Waals surface area contributed by atoms with Crippen molar-refractivity contribution in [2.75, 3.05) is 37.8 Å². The third-order valence-corrected chi connectivity index (χ3v) is 4.68. The maximum Gasteiger partial charge on any atom is 0.253 e. The molecule has 2 N–H and O–H groups in total. The lowest BCUT2D eigenvalue weighted by molar-refractivity contribution is 0.0742. The summed E-state index contributed by atoms with van der Waals surface area (Å²) in [6, 6.07) is 9.38. The van der Waals surface area contributed by atoms with Gasteiger partial charge in [0.25, 0.3) is 5.91 Å². The van der Waals surface area contributed by atoms with Crippen LogP contribution in [-0.2, 0) is 0 Å². The first-order chi connectivity index (χ1) is 12.5. The molecule has 3 rings (SSSR count). The monoisotopic (exact) mass is 353 g/mol. The van der Waals surface area contributed by atoms with E-state index >= 15 is 0 Å². The van der Waals surface area contributed by atoms with Crippen LogP contribution in [0.25, 0.3) is 11.3 Å². The fraction of sp³-hybridized carbons (Fsp3) is 0.450. The number of carbonyl (C=O) groups excluding carboxylic acids is 1. The Kier molecular flexibility index (Phi) is 5.71. The lowest BCUT2D eigenvalue weighted by atomic mass is 10.0. The second kappa shape index (κ2) is 8.17. The van der Waals surface area contributed by atoms with Gasteiger partial charge in [-0.15, -0.1) is 0 Å². The first-order valence-corrected chi connectivity index (χ1v) is 9.26. The highest BCUT2D eigenvalue weighted by Crippen LogP contribution is 2.23. The molecule has 2 aromatic rings. The molecule has 0 spiro atoms. The number of hydrogen-bond donors (Lipinski definition) is 1. The Morgan fingerprint density at radius 2 is 1.73 bits per heavy atom. The SMILES string of the molecule is CN(C)c1nc(N)cc(-c2cccc(C(=O)N3CCCCCCC3)c2)n1. The molecule has 6 nitrogen and oxygen atoms in total. The fourth-order valence-corrected chi connectivity index (χ4v) is 3.25. The number of benzene rings is 1. The summed E-state index contributed by atoms with van der Waals surface area (Å²) in [4.78, 5) is 25.5. The Hall–Kier alpha value is -2.63. The molecule has 0 atom stereocenters. The normalized spacial score (nSPS) is 15.2. The molecule has 0 aliphatic carbocycles. The molecule has 26 heavy (non-hydrogen) atoms. The summed E-state index contributed by atoms with van der Waals surface area (Å²) in [6.07, 6.45) is 5.86. The predicted octanol–water partition coefficient (Wildman–Crippen LogP) is 3.20. The summed E-state index contributed by atoms with van der Waals surface area (Å²) in [7, 11) is 3.75. The molecule has 1 amide bonds. The van der Waals surface area contributed by atoms with Crippen LogP contribution in [0, 0.1) is 0 Å². The van der Waals surface area contributed by atoms with Crippen LogP contribution in [0.4, 0.5) is 11.8 Å². The van der Waals surface area contributed by atoms with E-state index in [4.69, 9.17) is 5.73 Å². The zero-order valence-corrected chi connectivity index (χ0v) is 15.6. The van der Waals surface area contributed by atoms with Crippen molar-refractivity contribution in [3.63, 3.8) is 0 Å². The van der Waals surface area contributed by atoms with Gasteiger partial charge in [-0.05, 0) is 25.0 Å². The average Bonchev–Trinajstić information content (AvgIpc) is 2.60. The predicted molar refractivity (Wildman–Crippen MR) is 105 cm³/mol. The van der Waals surface area contributed by atoms with Gasteiger partial charge in [-0.2, -0.15) is 4.98 Å². The molecule has 0 radical (unpaired) electrons. The maximum absolute atomic E-state index is 13.0. The molecule has 138 valence electrons. The van der Waals surface area contributed by atoms with Crippen molar-refractivity contribution in [3.05, 3.63) is 35.9 Å². The third-order valence-electron chi connectivity index (χ3n) is 4.68. The molecule has 1 fully saturated rings. The van der Waals surface area contributed by atoms with E-state index < -0.39 is 0 Å². The van der Waals surface area contributed by atoms with E-state index in [2.05, 4.69) is 9.97 Å². The van der Waals surface area contributed by atoms with Crippen molar-refractivity contribution in [1.29, 1.82) is 0 Å². The van der Waals surface area contributed by atoms with Gasteiger partial charge in [0.2, 0.25) is 5.95 Å². The number of nitrogen functional groups attached to an aromatic ring is 1. The zero-order valence-electron chi connectivity index (χ0n) is 15.6. The van der Waals surface area contributed by atoms with Gasteiger partial charge < -0.3 is 15.5 Å². The van der Waals surface area contributed by atoms with Gasteiger partial charge in [0.15, 0.2) is 0 Å². The van der Waals surface area contributed by atoms with Gasteiger partial charge >= 0.3 is 0 Å². The van der Waals surface area contributed by atoms with Crippen molar-refractivity contribution in [2.45, 2.75) is 32.1 Å². The van der Waals surface area contributed by atoms with Gasteiger partial charge in [-0.1, -0.05) is 31.4 Å². The molecular formula is C20H27N5O. The number of nitrogens with zero attached hydrogens (tertiary/aromatic N) is 4. The number of likely N-dealkylation sites (tertiary alicyclic amines) is 1. The van der Waals surface area contributed by atoms with Crippen LogP contribution in [0.2, 0.25) is 0 Å². The largest absolute Gasteiger partial charge is 0.384 e. The van der Waals surface area contributed by atoms with Crippen LogP contribution in [-0.4, -0.2) is 48.0 Å². The molecule has 6 heteroatoms. The lowest BCUT2D eigenvalue weighted by Crippen LogP contribution is -2.33. The Bertz CT molecular complexity index is 767. The van der Waals surface area contributed by atoms with Gasteiger partial charge in [-0.3, -0.25) is 4.79 Å². The van der Waals surface area contributed by atoms with Crippen molar-refractivity contribution in [2.24, 2.45) is 0 Å². The number of anilines is 2. The number of nitrogens with two attached hydrogens (primary N) is 1. The molecule has 0 bridgehead atoms. The molecule has 1 aromatic carbocycles. The van der Waals surface area contributed by atoms with Crippen molar-refractivity contribution < 1.29 is 4.79 Å². The third kappa shape index (κ3) is 4.31. The Morgan fingerprint density at radius 1 is 1.04 bits per heavy atom. The highest BCUT2D eigenvalue weighted by molar-refractivity contribution is 5.95. The van der Waals surface area contributed by atoms with Crippen molar-refractivity contribution in [1.82, 2.24) is 14.9 Å². The van der Waals surface area contributed by atoms with Gasteiger partial charge in [0.05, 0.1) is 5.69 Å². The van der Waals surface area contributed by atoms with Crippen molar-refractivity contribution in [3.8, 4) is 11.3 Å². The number of carbonyl (C=O) groups is 1. The Labute approximate surface area is 155 Å². The number of aromatic nitrogens is 2. The number of rotatable bonds is 3. The lowest BCUT2D eigenvalue weighted by Gasteiger charge is -2.25. The maximum atomic E-state index is 13.0. The molecule has 0 saturated carbocycles. The number of amides is 1. The smallest absolute Gasteiger partial charge is 0.253 e. The minimum Gasteiger partial charge on any atom is -0.384 e. The van der Waals surface area contributed by atoms with Gasteiger partial charge in [0.1, 0.15) is 5.82 Å². The molecular weight excluding hydrogens is 326 g/mol. The van der Waals surface area contributed by atoms with Crippen LogP contribution in [0.5, 0.6) is 0 Å². The van der Waals surface area contributed by atoms with E-state index in [9.17, 15) is 4.79 Å². The summed E-state index contributed by atoms with van der Waals surface area (Å²) in [5.74, 6) is 1.07. The highest BCUT2D eigenvalue weighted by atomic mass is 16.2. The van der Waals surface area contributed by atoms with Crippen LogP contribution in [0.3, 0.4) is 0 Å². The molecule has 1 aromatic heterocycles. The zero-order chi connectivity index (χ0) is 18.5. The van der Waals surface area contributed by atoms with E-state index in [-0.39, 0.29) is 5.91 Å². The second-order valence-electron chi connectivity index (χ2n) is 7.01. The fourth-order valence-electron chi connectivity index (χ4n) is 3.25. The van der Waals surface area contributed by atoms with Crippen LogP contribution in [0.15, 0.2) is 30.3 Å². The molecule has 1 aliphatic rings. The van der Waals surface area contributed by atoms with E-state index in [1.165, 1.54) is 19.3 Å². The van der Waals surface area contributed by atoms with Crippen LogP contribution >= 0.6 is 0 Å². The molecule has 1 aliphatic heterocycles. The average molecular weight is 353 g/mol. The van der Waals surface area contributed by atoms with E-state index in [0.717, 1.165) is 37.2 Å². The van der Waals surface area contributed by atoms with Gasteiger partial charge in [-0.25, -0.2) is 4.98 Å². The molecule has 2 heterocycles. The minimum absolute atomic E-state index is 0.101. The highest BCUT2D eigenvalue weighted by Gasteiger charge is 2.17. The molecule has 0 unspecified atom stereocenters. The van der Waals surface area contributed by atoms with E-state index in [1.54, 1.807) is 6.07 Å². The first kappa shape index (κ1) is 18.2. The number of hydrogen-bond acceptors (Lipinski definition) is 5. The first-order valence-electron chi connectivity index (χ1n) is 9.26. The van der Waals surface area contributed by atoms with Crippen molar-refractivity contribution >= 4 is 17.7 Å². The Balaban J connectivity index is 1.87. The summed E-state index contributed by atoms with van der Waals surface area (Å²) in [5.41, 5.74) is 8.23. The van der Waals surface area contributed by atoms with E-state index in [1.807, 2.05) is 48.2 Å². The topological polar surface area (TPSA) is 75.4 Å². The van der Waals surface area contributed by atoms with E-state index in [0.29, 0.717) is 17.3 Å². The standard InChI is InChI=1S/C20H27N5O/c1-24(2)20-22-17(14-18(21)23-20)15-9-8-10-16(13-15)19(26)25-11-6-4-3-5-7-12-25/h8-10,13-14H,3-7,11-12H2,1-2H3,(H2,21,22,23). The second-order valence-corrected chi connectivity index (χ2v) is 7.01. The van der Waals surface area contributed by atoms with Gasteiger partial charge in [0, 0.05) is 44.4 Å². The van der Waals surface area contributed by atoms with Crippen LogP contribution in [0.1, 0.15) is 42.5 Å². The Morgan fingerprint density at radius 3 is 2.42 bits per heavy atom. The summed E-state index contributed by atoms with van der Waals surface area (Å²) in [5, 5.41) is 0. The minimum atomic E-state index is 0.101. The quantitative estimate of drug-likeness (QED) is 0.917. The summed E-state index contributed by atoms with van der Waals surface area (Å²) < 4.78 is 0. The summed E-state index contributed by atoms with van der Waals surface area (Å²) in [6.45, 7) is 1.68. The van der Waals surface area contributed by atoms with Crippen LogP contribution < -0.4 is 10.6 Å². The summed E-state index contributed by atoms with van der Waals surface area (Å²) >= 11 is 0.